The molecule has 0 atom stereocenters. The Labute approximate surface area is 83.3 Å². The van der Waals surface area contributed by atoms with Gasteiger partial charge in [0.15, 0.2) is 0 Å². The molecule has 1 amide bonds. The van der Waals surface area contributed by atoms with Crippen molar-refractivity contribution >= 4 is 5.91 Å². The predicted octanol–water partition coefficient (Wildman–Crippen LogP) is 0.734. The first-order chi connectivity index (χ1) is 6.83. The number of amides is 1. The first-order valence-corrected chi connectivity index (χ1v) is 4.47. The fraction of sp³-hybridized carbons (Fsp3) is 0.400. The van der Waals surface area contributed by atoms with Crippen LogP contribution in [-0.2, 0) is 16.1 Å². The van der Waals surface area contributed by atoms with E-state index >= 15 is 0 Å². The van der Waals surface area contributed by atoms with E-state index in [0.29, 0.717) is 19.6 Å². The Morgan fingerprint density at radius 2 is 2.21 bits per heavy atom. The molecular formula is C10H14N2O2. The summed E-state index contributed by atoms with van der Waals surface area (Å²) < 4.78 is 4.79. The van der Waals surface area contributed by atoms with E-state index in [4.69, 9.17) is 4.74 Å². The lowest BCUT2D eigenvalue weighted by Gasteiger charge is -2.04. The zero-order chi connectivity index (χ0) is 10.2. The highest BCUT2D eigenvalue weighted by Gasteiger charge is 1.99. The number of nitrogens with zero attached hydrogens (tertiary/aromatic N) is 1. The molecule has 0 aliphatic rings. The highest BCUT2D eigenvalue weighted by molar-refractivity contribution is 5.75. The SMILES string of the molecule is COCCC(=O)NCc1ccncc1. The Kier molecular flexibility index (Phi) is 4.64. The maximum absolute atomic E-state index is 11.2. The molecule has 0 unspecified atom stereocenters. The van der Waals surface area contributed by atoms with Crippen molar-refractivity contribution in [2.75, 3.05) is 13.7 Å². The number of ether oxygens (including phenoxy) is 1. The zero-order valence-electron chi connectivity index (χ0n) is 8.19. The molecule has 4 nitrogen and oxygen atoms in total. The summed E-state index contributed by atoms with van der Waals surface area (Å²) in [7, 11) is 1.58. The van der Waals surface area contributed by atoms with E-state index in [0.717, 1.165) is 5.56 Å². The third-order valence-corrected chi connectivity index (χ3v) is 1.77. The number of carbonyl (C=O) groups is 1. The van der Waals surface area contributed by atoms with Crippen molar-refractivity contribution in [2.45, 2.75) is 13.0 Å². The normalized spacial score (nSPS) is 9.79. The predicted molar refractivity (Wildman–Crippen MR) is 52.6 cm³/mol. The highest BCUT2D eigenvalue weighted by atomic mass is 16.5. The monoisotopic (exact) mass is 194 g/mol. The summed E-state index contributed by atoms with van der Waals surface area (Å²) in [4.78, 5) is 15.1. The lowest BCUT2D eigenvalue weighted by atomic mass is 10.2. The Hall–Kier alpha value is -1.42. The molecule has 1 heterocycles. The number of nitrogens with one attached hydrogen (secondary N) is 1. The standard InChI is InChI=1S/C10H14N2O2/c1-14-7-4-10(13)12-8-9-2-5-11-6-3-9/h2-3,5-6H,4,7-8H2,1H3,(H,12,13). The van der Waals surface area contributed by atoms with Crippen LogP contribution in [0, 0.1) is 0 Å². The second-order valence-electron chi connectivity index (χ2n) is 2.87. The van der Waals surface area contributed by atoms with Gasteiger partial charge in [0.05, 0.1) is 6.61 Å². The third-order valence-electron chi connectivity index (χ3n) is 1.77. The maximum atomic E-state index is 11.2. The average molecular weight is 194 g/mol. The Morgan fingerprint density at radius 1 is 1.50 bits per heavy atom. The Morgan fingerprint density at radius 3 is 2.86 bits per heavy atom. The van der Waals surface area contributed by atoms with Crippen LogP contribution < -0.4 is 5.32 Å². The minimum absolute atomic E-state index is 0.00339. The quantitative estimate of drug-likeness (QED) is 0.752. The number of rotatable bonds is 5. The summed E-state index contributed by atoms with van der Waals surface area (Å²) in [5.74, 6) is 0.00339. The molecule has 1 N–H and O–H groups in total. The van der Waals surface area contributed by atoms with Crippen LogP contribution in [0.15, 0.2) is 24.5 Å². The molecule has 14 heavy (non-hydrogen) atoms. The van der Waals surface area contributed by atoms with Crippen LogP contribution in [0.4, 0.5) is 0 Å². The highest BCUT2D eigenvalue weighted by Crippen LogP contribution is 1.95. The van der Waals surface area contributed by atoms with Gasteiger partial charge in [-0.05, 0) is 17.7 Å². The third kappa shape index (κ3) is 4.00. The largest absolute Gasteiger partial charge is 0.384 e. The lowest BCUT2D eigenvalue weighted by Crippen LogP contribution is -2.23. The summed E-state index contributed by atoms with van der Waals surface area (Å²) >= 11 is 0. The first-order valence-electron chi connectivity index (χ1n) is 4.47. The number of pyridine rings is 1. The van der Waals surface area contributed by atoms with Gasteiger partial charge >= 0.3 is 0 Å². The molecule has 0 bridgehead atoms. The minimum atomic E-state index is 0.00339. The fourth-order valence-corrected chi connectivity index (χ4v) is 0.984. The molecule has 0 aliphatic carbocycles. The number of hydrogen-bond acceptors (Lipinski definition) is 3. The van der Waals surface area contributed by atoms with Gasteiger partial charge in [0.25, 0.3) is 0 Å². The molecular weight excluding hydrogens is 180 g/mol. The number of aromatic nitrogens is 1. The lowest BCUT2D eigenvalue weighted by molar-refractivity contribution is -0.122. The Balaban J connectivity index is 2.24. The van der Waals surface area contributed by atoms with Crippen LogP contribution in [-0.4, -0.2) is 24.6 Å². The fourth-order valence-electron chi connectivity index (χ4n) is 0.984. The second-order valence-corrected chi connectivity index (χ2v) is 2.87. The first kappa shape index (κ1) is 10.7. The molecule has 0 aromatic carbocycles. The van der Waals surface area contributed by atoms with E-state index in [1.165, 1.54) is 0 Å². The van der Waals surface area contributed by atoms with E-state index in [-0.39, 0.29) is 5.91 Å². The molecule has 0 radical (unpaired) electrons. The molecule has 76 valence electrons. The van der Waals surface area contributed by atoms with Crippen molar-refractivity contribution in [3.05, 3.63) is 30.1 Å². The number of methoxy groups -OCH3 is 1. The van der Waals surface area contributed by atoms with Crippen molar-refractivity contribution in [1.82, 2.24) is 10.3 Å². The zero-order valence-corrected chi connectivity index (χ0v) is 8.19. The second kappa shape index (κ2) is 6.10. The van der Waals surface area contributed by atoms with Gasteiger partial charge in [-0.1, -0.05) is 0 Å². The van der Waals surface area contributed by atoms with Crippen molar-refractivity contribution in [3.63, 3.8) is 0 Å². The van der Waals surface area contributed by atoms with E-state index in [1.54, 1.807) is 19.5 Å². The number of hydrogen-bond donors (Lipinski definition) is 1. The molecule has 0 saturated carbocycles. The number of carbonyl (C=O) groups excluding carboxylic acids is 1. The Bertz CT molecular complexity index is 275. The van der Waals surface area contributed by atoms with Crippen molar-refractivity contribution in [1.29, 1.82) is 0 Å². The van der Waals surface area contributed by atoms with Crippen LogP contribution in [0.25, 0.3) is 0 Å². The van der Waals surface area contributed by atoms with Crippen LogP contribution in [0.3, 0.4) is 0 Å². The minimum Gasteiger partial charge on any atom is -0.384 e. The molecule has 0 spiro atoms. The summed E-state index contributed by atoms with van der Waals surface area (Å²) in [5.41, 5.74) is 1.05. The van der Waals surface area contributed by atoms with Crippen LogP contribution in [0.5, 0.6) is 0 Å². The van der Waals surface area contributed by atoms with Crippen LogP contribution in [0.2, 0.25) is 0 Å². The topological polar surface area (TPSA) is 51.2 Å². The van der Waals surface area contributed by atoms with Gasteiger partial charge < -0.3 is 10.1 Å². The van der Waals surface area contributed by atoms with Crippen molar-refractivity contribution in [3.8, 4) is 0 Å². The van der Waals surface area contributed by atoms with Gasteiger partial charge in [-0.15, -0.1) is 0 Å². The van der Waals surface area contributed by atoms with Crippen LogP contribution >= 0.6 is 0 Å². The molecule has 1 aromatic heterocycles. The van der Waals surface area contributed by atoms with Gasteiger partial charge in [0, 0.05) is 32.5 Å². The van der Waals surface area contributed by atoms with Gasteiger partial charge in [-0.25, -0.2) is 0 Å². The van der Waals surface area contributed by atoms with E-state index in [9.17, 15) is 4.79 Å². The van der Waals surface area contributed by atoms with Gasteiger partial charge in [0.1, 0.15) is 0 Å². The van der Waals surface area contributed by atoms with Crippen molar-refractivity contribution in [2.24, 2.45) is 0 Å². The molecule has 0 aliphatic heterocycles. The molecule has 0 saturated heterocycles. The average Bonchev–Trinajstić information content (AvgIpc) is 2.25. The molecule has 1 aromatic rings. The van der Waals surface area contributed by atoms with Gasteiger partial charge in [-0.3, -0.25) is 9.78 Å². The smallest absolute Gasteiger partial charge is 0.222 e. The molecule has 0 fully saturated rings. The summed E-state index contributed by atoms with van der Waals surface area (Å²) in [6, 6.07) is 3.74. The summed E-state index contributed by atoms with van der Waals surface area (Å²) in [5, 5.41) is 2.79. The van der Waals surface area contributed by atoms with E-state index < -0.39 is 0 Å². The van der Waals surface area contributed by atoms with E-state index in [2.05, 4.69) is 10.3 Å². The van der Waals surface area contributed by atoms with Crippen LogP contribution in [0.1, 0.15) is 12.0 Å². The van der Waals surface area contributed by atoms with E-state index in [1.807, 2.05) is 12.1 Å². The molecule has 1 rings (SSSR count). The summed E-state index contributed by atoms with van der Waals surface area (Å²) in [6.07, 6.45) is 3.81. The van der Waals surface area contributed by atoms with Gasteiger partial charge in [-0.2, -0.15) is 0 Å². The van der Waals surface area contributed by atoms with Crippen molar-refractivity contribution < 1.29 is 9.53 Å². The summed E-state index contributed by atoms with van der Waals surface area (Å²) in [6.45, 7) is 1.01. The van der Waals surface area contributed by atoms with Gasteiger partial charge in [0.2, 0.25) is 5.91 Å². The maximum Gasteiger partial charge on any atom is 0.222 e. The molecule has 4 heteroatoms.